The second-order valence-electron chi connectivity index (χ2n) is 5.41. The van der Waals surface area contributed by atoms with E-state index in [9.17, 15) is 4.79 Å². The van der Waals surface area contributed by atoms with Gasteiger partial charge in [0, 0.05) is 11.7 Å². The molecule has 4 nitrogen and oxygen atoms in total. The monoisotopic (exact) mass is 376 g/mol. The van der Waals surface area contributed by atoms with Crippen LogP contribution in [0.5, 0.6) is 5.75 Å². The molecule has 0 spiro atoms. The lowest BCUT2D eigenvalue weighted by molar-refractivity contribution is -0.115. The number of halogens is 1. The van der Waals surface area contributed by atoms with E-state index >= 15 is 0 Å². The molecular weight excluding hydrogens is 356 g/mol. The van der Waals surface area contributed by atoms with Gasteiger partial charge in [0.2, 0.25) is 5.91 Å². The van der Waals surface area contributed by atoms with Gasteiger partial charge in [-0.3, -0.25) is 4.79 Å². The van der Waals surface area contributed by atoms with E-state index in [-0.39, 0.29) is 18.5 Å². The smallest absolute Gasteiger partial charge is 0.238 e. The molecule has 0 aliphatic rings. The molecule has 122 valence electrons. The van der Waals surface area contributed by atoms with E-state index in [1.165, 1.54) is 5.56 Å². The minimum Gasteiger partial charge on any atom is -0.496 e. The summed E-state index contributed by atoms with van der Waals surface area (Å²) in [5, 5.41) is 6.10. The van der Waals surface area contributed by atoms with Gasteiger partial charge >= 0.3 is 0 Å². The number of methoxy groups -OCH3 is 1. The largest absolute Gasteiger partial charge is 0.496 e. The molecule has 0 heterocycles. The Morgan fingerprint density at radius 1 is 1.22 bits per heavy atom. The number of ether oxygens (including phenoxy) is 1. The van der Waals surface area contributed by atoms with E-state index < -0.39 is 0 Å². The number of amides is 1. The van der Waals surface area contributed by atoms with Crippen LogP contribution in [0.3, 0.4) is 0 Å². The molecule has 1 amide bonds. The highest BCUT2D eigenvalue weighted by molar-refractivity contribution is 9.10. The van der Waals surface area contributed by atoms with Gasteiger partial charge in [0.25, 0.3) is 0 Å². The van der Waals surface area contributed by atoms with Crippen LogP contribution in [0.2, 0.25) is 0 Å². The van der Waals surface area contributed by atoms with Crippen LogP contribution in [0, 0.1) is 6.92 Å². The molecule has 0 aliphatic carbocycles. The quantitative estimate of drug-likeness (QED) is 0.799. The summed E-state index contributed by atoms with van der Waals surface area (Å²) in [5.74, 6) is 0.728. The van der Waals surface area contributed by atoms with Crippen LogP contribution in [0.15, 0.2) is 46.9 Å². The molecule has 0 radical (unpaired) electrons. The van der Waals surface area contributed by atoms with E-state index in [4.69, 9.17) is 4.74 Å². The van der Waals surface area contributed by atoms with Crippen LogP contribution < -0.4 is 15.4 Å². The third-order valence-electron chi connectivity index (χ3n) is 3.58. The minimum absolute atomic E-state index is 0.0565. The average molecular weight is 377 g/mol. The SMILES string of the molecule is COc1ccc([C@H](C)NCC(=O)Nc2ccc(C)cc2)cc1Br. The summed E-state index contributed by atoms with van der Waals surface area (Å²) in [6.07, 6.45) is 0. The highest BCUT2D eigenvalue weighted by Crippen LogP contribution is 2.27. The van der Waals surface area contributed by atoms with Crippen LogP contribution >= 0.6 is 15.9 Å². The number of rotatable bonds is 6. The molecule has 2 aromatic rings. The summed E-state index contributed by atoms with van der Waals surface area (Å²) in [5.41, 5.74) is 3.06. The Hall–Kier alpha value is -1.85. The lowest BCUT2D eigenvalue weighted by atomic mass is 10.1. The summed E-state index contributed by atoms with van der Waals surface area (Å²) in [7, 11) is 1.64. The third-order valence-corrected chi connectivity index (χ3v) is 4.20. The van der Waals surface area contributed by atoms with Crippen LogP contribution in [0.1, 0.15) is 24.1 Å². The van der Waals surface area contributed by atoms with Crippen molar-refractivity contribution in [3.63, 3.8) is 0 Å². The van der Waals surface area contributed by atoms with Gasteiger partial charge in [-0.1, -0.05) is 23.8 Å². The number of nitrogens with one attached hydrogen (secondary N) is 2. The van der Waals surface area contributed by atoms with Crippen LogP contribution in [0.4, 0.5) is 5.69 Å². The van der Waals surface area contributed by atoms with Crippen molar-refractivity contribution in [2.24, 2.45) is 0 Å². The Morgan fingerprint density at radius 2 is 1.91 bits per heavy atom. The Kier molecular flexibility index (Phi) is 6.19. The molecule has 0 bridgehead atoms. The van der Waals surface area contributed by atoms with E-state index in [1.54, 1.807) is 7.11 Å². The van der Waals surface area contributed by atoms with E-state index in [0.717, 1.165) is 21.5 Å². The van der Waals surface area contributed by atoms with Gasteiger partial charge in [-0.05, 0) is 59.6 Å². The van der Waals surface area contributed by atoms with Gasteiger partial charge in [-0.25, -0.2) is 0 Å². The Balaban J connectivity index is 1.88. The average Bonchev–Trinajstić information content (AvgIpc) is 2.54. The number of benzene rings is 2. The number of carbonyl (C=O) groups is 1. The molecule has 2 N–H and O–H groups in total. The standard InChI is InChI=1S/C18H21BrN2O2/c1-12-4-7-15(8-5-12)21-18(22)11-20-13(2)14-6-9-17(23-3)16(19)10-14/h4-10,13,20H,11H2,1-3H3,(H,21,22)/t13-/m0/s1. The molecule has 0 saturated carbocycles. The normalized spacial score (nSPS) is 11.8. The van der Waals surface area contributed by atoms with Gasteiger partial charge in [-0.15, -0.1) is 0 Å². The van der Waals surface area contributed by atoms with Gasteiger partial charge < -0.3 is 15.4 Å². The van der Waals surface area contributed by atoms with Gasteiger partial charge in [0.1, 0.15) is 5.75 Å². The molecule has 0 saturated heterocycles. The van der Waals surface area contributed by atoms with Crippen LogP contribution in [-0.2, 0) is 4.79 Å². The molecule has 0 fully saturated rings. The maximum absolute atomic E-state index is 12.0. The van der Waals surface area contributed by atoms with Gasteiger partial charge in [0.05, 0.1) is 18.1 Å². The molecule has 0 aliphatic heterocycles. The molecule has 1 atom stereocenters. The highest BCUT2D eigenvalue weighted by atomic mass is 79.9. The first-order valence-corrected chi connectivity index (χ1v) is 8.22. The maximum Gasteiger partial charge on any atom is 0.238 e. The lowest BCUT2D eigenvalue weighted by Gasteiger charge is -2.15. The fourth-order valence-corrected chi connectivity index (χ4v) is 2.72. The second-order valence-corrected chi connectivity index (χ2v) is 6.27. The third kappa shape index (κ3) is 5.08. The van der Waals surface area contributed by atoms with Crippen molar-refractivity contribution in [2.75, 3.05) is 19.0 Å². The van der Waals surface area contributed by atoms with Crippen molar-refractivity contribution in [3.8, 4) is 5.75 Å². The van der Waals surface area contributed by atoms with Crippen molar-refractivity contribution >= 4 is 27.5 Å². The number of aryl methyl sites for hydroxylation is 1. The first-order valence-electron chi connectivity index (χ1n) is 7.43. The molecule has 2 rings (SSSR count). The van der Waals surface area contributed by atoms with Crippen molar-refractivity contribution in [1.29, 1.82) is 0 Å². The summed E-state index contributed by atoms with van der Waals surface area (Å²) < 4.78 is 6.12. The molecular formula is C18H21BrN2O2. The van der Waals surface area contributed by atoms with E-state index in [0.29, 0.717) is 0 Å². The summed E-state index contributed by atoms with van der Waals surface area (Å²) >= 11 is 3.47. The second kappa shape index (κ2) is 8.13. The van der Waals surface area contributed by atoms with Crippen molar-refractivity contribution < 1.29 is 9.53 Å². The number of carbonyl (C=O) groups excluding carboxylic acids is 1. The maximum atomic E-state index is 12.0. The topological polar surface area (TPSA) is 50.4 Å². The van der Waals surface area contributed by atoms with E-state index in [2.05, 4.69) is 26.6 Å². The van der Waals surface area contributed by atoms with Gasteiger partial charge in [0.15, 0.2) is 0 Å². The fourth-order valence-electron chi connectivity index (χ4n) is 2.16. The van der Waals surface area contributed by atoms with E-state index in [1.807, 2.05) is 56.3 Å². The van der Waals surface area contributed by atoms with Crippen LogP contribution in [-0.4, -0.2) is 19.6 Å². The predicted octanol–water partition coefficient (Wildman–Crippen LogP) is 4.06. The molecule has 23 heavy (non-hydrogen) atoms. The Bertz CT molecular complexity index is 671. The number of anilines is 1. The molecule has 0 aromatic heterocycles. The Labute approximate surface area is 145 Å². The zero-order valence-electron chi connectivity index (χ0n) is 13.5. The van der Waals surface area contributed by atoms with Gasteiger partial charge in [-0.2, -0.15) is 0 Å². The first kappa shape index (κ1) is 17.5. The molecule has 2 aromatic carbocycles. The Morgan fingerprint density at radius 3 is 2.52 bits per heavy atom. The zero-order chi connectivity index (χ0) is 16.8. The predicted molar refractivity (Wildman–Crippen MR) is 96.9 cm³/mol. The highest BCUT2D eigenvalue weighted by Gasteiger charge is 2.10. The molecule has 5 heteroatoms. The van der Waals surface area contributed by atoms with Crippen molar-refractivity contribution in [1.82, 2.24) is 5.32 Å². The lowest BCUT2D eigenvalue weighted by Crippen LogP contribution is -2.30. The zero-order valence-corrected chi connectivity index (χ0v) is 15.1. The minimum atomic E-state index is -0.0618. The number of hydrogen-bond acceptors (Lipinski definition) is 3. The number of hydrogen-bond donors (Lipinski definition) is 2. The summed E-state index contributed by atoms with van der Waals surface area (Å²) in [6, 6.07) is 13.7. The molecule has 0 unspecified atom stereocenters. The van der Waals surface area contributed by atoms with Crippen LogP contribution in [0.25, 0.3) is 0 Å². The van der Waals surface area contributed by atoms with Crippen molar-refractivity contribution in [2.45, 2.75) is 19.9 Å². The summed E-state index contributed by atoms with van der Waals surface area (Å²) in [4.78, 5) is 12.0. The summed E-state index contributed by atoms with van der Waals surface area (Å²) in [6.45, 7) is 4.29. The first-order chi connectivity index (χ1) is 11.0. The van der Waals surface area contributed by atoms with Crippen molar-refractivity contribution in [3.05, 3.63) is 58.1 Å². The fraction of sp³-hybridized carbons (Fsp3) is 0.278.